The fourth-order valence-electron chi connectivity index (χ4n) is 3.49. The van der Waals surface area contributed by atoms with Gasteiger partial charge in [-0.05, 0) is 62.4 Å². The maximum absolute atomic E-state index is 13.0. The van der Waals surface area contributed by atoms with Crippen molar-refractivity contribution in [2.24, 2.45) is 0 Å². The number of amides is 2. The Labute approximate surface area is 202 Å². The Bertz CT molecular complexity index is 1180. The van der Waals surface area contributed by atoms with Crippen LogP contribution in [0.1, 0.15) is 13.8 Å². The summed E-state index contributed by atoms with van der Waals surface area (Å²) in [6.45, 7) is 3.41. The Morgan fingerprint density at radius 1 is 1.11 bits per heavy atom. The molecule has 2 amide bonds. The lowest BCUT2D eigenvalue weighted by atomic mass is 9.97. The van der Waals surface area contributed by atoms with Gasteiger partial charge in [0.1, 0.15) is 17.2 Å². The summed E-state index contributed by atoms with van der Waals surface area (Å²) in [5.41, 5.74) is 0. The summed E-state index contributed by atoms with van der Waals surface area (Å²) in [6, 6.07) is 7.99. The minimum atomic E-state index is -4.82. The van der Waals surface area contributed by atoms with E-state index in [1.807, 2.05) is 0 Å². The Kier molecular flexibility index (Phi) is 7.45. The molecular weight excluding hydrogens is 513 g/mol. The zero-order chi connectivity index (χ0) is 26.0. The van der Waals surface area contributed by atoms with Crippen molar-refractivity contribution >= 4 is 32.9 Å². The third-order valence-electron chi connectivity index (χ3n) is 4.96. The number of alkyl halides is 3. The van der Waals surface area contributed by atoms with Gasteiger partial charge in [-0.15, -0.1) is 13.2 Å². The van der Waals surface area contributed by atoms with Crippen LogP contribution < -0.4 is 20.1 Å². The first-order valence-electron chi connectivity index (χ1n) is 10.0. The number of benzene rings is 2. The third-order valence-corrected chi connectivity index (χ3v) is 7.84. The molecule has 1 saturated heterocycles. The highest BCUT2D eigenvalue weighted by atomic mass is 32.2. The van der Waals surface area contributed by atoms with Gasteiger partial charge in [-0.25, -0.2) is 13.2 Å². The maximum atomic E-state index is 13.0. The Hall–Kier alpha value is -3.13. The summed E-state index contributed by atoms with van der Waals surface area (Å²) >= 11 is 0.956. The highest BCUT2D eigenvalue weighted by Gasteiger charge is 2.46. The van der Waals surface area contributed by atoms with Gasteiger partial charge in [0.2, 0.25) is 0 Å². The molecule has 0 aromatic heterocycles. The minimum absolute atomic E-state index is 0.106. The van der Waals surface area contributed by atoms with E-state index >= 15 is 0 Å². The summed E-state index contributed by atoms with van der Waals surface area (Å²) in [6.07, 6.45) is -6.25. The first-order chi connectivity index (χ1) is 16.1. The standard InChI is InChI=1S/C21H21F3N2O7S2/c1-20(2)17(26-19(29)34-20)16(25-18(27)28)11-35(30,31)15-9-7-13(8-10-15)32-12-3-5-14(6-4-12)33-21(22,23)24/h3-10,16-17,25H,11H2,1-2H3,(H,26,29)(H,27,28)/t16-,17+/m1/s1. The van der Waals surface area contributed by atoms with Crippen molar-refractivity contribution in [3.63, 3.8) is 0 Å². The number of carbonyl (C=O) groups excluding carboxylic acids is 1. The highest BCUT2D eigenvalue weighted by Crippen LogP contribution is 2.37. The molecule has 0 saturated carbocycles. The third kappa shape index (κ3) is 7.18. The topological polar surface area (TPSA) is 131 Å². The molecule has 14 heteroatoms. The van der Waals surface area contributed by atoms with Crippen LogP contribution in [0, 0.1) is 0 Å². The van der Waals surface area contributed by atoms with Crippen LogP contribution in [0.2, 0.25) is 0 Å². The van der Waals surface area contributed by atoms with E-state index < -0.39 is 50.6 Å². The number of carbonyl (C=O) groups is 2. The molecule has 2 aromatic carbocycles. The minimum Gasteiger partial charge on any atom is -0.465 e. The molecule has 3 N–H and O–H groups in total. The maximum Gasteiger partial charge on any atom is 0.573 e. The van der Waals surface area contributed by atoms with E-state index in [0.717, 1.165) is 23.9 Å². The molecule has 0 radical (unpaired) electrons. The zero-order valence-electron chi connectivity index (χ0n) is 18.3. The molecular formula is C21H21F3N2O7S2. The molecule has 9 nitrogen and oxygen atoms in total. The average molecular weight is 535 g/mol. The number of rotatable bonds is 8. The largest absolute Gasteiger partial charge is 0.573 e. The van der Waals surface area contributed by atoms with Crippen molar-refractivity contribution in [1.29, 1.82) is 0 Å². The molecule has 1 fully saturated rings. The monoisotopic (exact) mass is 534 g/mol. The van der Waals surface area contributed by atoms with Crippen molar-refractivity contribution in [1.82, 2.24) is 10.6 Å². The SMILES string of the molecule is CC1(C)SC(=O)N[C@H]1[C@@H](CS(=O)(=O)c1ccc(Oc2ccc(OC(F)(F)F)cc2)cc1)NC(=O)O. The molecule has 0 unspecified atom stereocenters. The van der Waals surface area contributed by atoms with E-state index in [-0.39, 0.29) is 21.6 Å². The van der Waals surface area contributed by atoms with Crippen LogP contribution in [0.15, 0.2) is 53.4 Å². The summed E-state index contributed by atoms with van der Waals surface area (Å²) in [5, 5.41) is 13.6. The predicted molar refractivity (Wildman–Crippen MR) is 121 cm³/mol. The van der Waals surface area contributed by atoms with Gasteiger partial charge in [0.15, 0.2) is 9.84 Å². The van der Waals surface area contributed by atoms with Gasteiger partial charge in [0, 0.05) is 4.75 Å². The van der Waals surface area contributed by atoms with Crippen LogP contribution >= 0.6 is 11.8 Å². The summed E-state index contributed by atoms with van der Waals surface area (Å²) < 4.78 is 71.3. The van der Waals surface area contributed by atoms with Crippen molar-refractivity contribution in [3.8, 4) is 17.2 Å². The highest BCUT2D eigenvalue weighted by molar-refractivity contribution is 8.15. The van der Waals surface area contributed by atoms with Crippen LogP contribution in [0.4, 0.5) is 22.8 Å². The lowest BCUT2D eigenvalue weighted by Crippen LogP contribution is -2.57. The van der Waals surface area contributed by atoms with Crippen LogP contribution in [0.5, 0.6) is 17.2 Å². The Balaban J connectivity index is 1.72. The first-order valence-corrected chi connectivity index (χ1v) is 12.5. The zero-order valence-corrected chi connectivity index (χ0v) is 20.0. The molecule has 1 aliphatic heterocycles. The van der Waals surface area contributed by atoms with Crippen molar-refractivity contribution in [2.75, 3.05) is 5.75 Å². The first kappa shape index (κ1) is 26.5. The van der Waals surface area contributed by atoms with Gasteiger partial charge >= 0.3 is 12.5 Å². The molecule has 1 aliphatic rings. The van der Waals surface area contributed by atoms with Gasteiger partial charge in [-0.2, -0.15) is 0 Å². The fraction of sp³-hybridized carbons (Fsp3) is 0.333. The van der Waals surface area contributed by atoms with Crippen LogP contribution in [-0.4, -0.2) is 53.8 Å². The van der Waals surface area contributed by atoms with E-state index in [1.165, 1.54) is 36.4 Å². The van der Waals surface area contributed by atoms with Gasteiger partial charge < -0.3 is 25.2 Å². The molecule has 1 heterocycles. The predicted octanol–water partition coefficient (Wildman–Crippen LogP) is 4.39. The van der Waals surface area contributed by atoms with Gasteiger partial charge in [0.25, 0.3) is 5.24 Å². The summed E-state index contributed by atoms with van der Waals surface area (Å²) in [7, 11) is -3.99. The van der Waals surface area contributed by atoms with Crippen molar-refractivity contribution in [3.05, 3.63) is 48.5 Å². The molecule has 2 atom stereocenters. The number of thioether (sulfide) groups is 1. The van der Waals surface area contributed by atoms with E-state index in [1.54, 1.807) is 13.8 Å². The number of nitrogens with one attached hydrogen (secondary N) is 2. The van der Waals surface area contributed by atoms with E-state index in [4.69, 9.17) is 4.74 Å². The van der Waals surface area contributed by atoms with E-state index in [2.05, 4.69) is 15.4 Å². The van der Waals surface area contributed by atoms with Crippen LogP contribution in [0.25, 0.3) is 0 Å². The lowest BCUT2D eigenvalue weighted by Gasteiger charge is -2.31. The molecule has 0 bridgehead atoms. The summed E-state index contributed by atoms with van der Waals surface area (Å²) in [5.74, 6) is -0.614. The molecule has 35 heavy (non-hydrogen) atoms. The number of sulfone groups is 1. The Morgan fingerprint density at radius 3 is 2.09 bits per heavy atom. The molecule has 0 aliphatic carbocycles. The number of carboxylic acid groups (broad SMARTS) is 1. The second kappa shape index (κ2) is 9.85. The number of halogens is 3. The average Bonchev–Trinajstić information content (AvgIpc) is 3.00. The second-order valence-corrected chi connectivity index (χ2v) is 11.7. The second-order valence-electron chi connectivity index (χ2n) is 8.05. The normalized spacial score (nSPS) is 18.4. The number of ether oxygens (including phenoxy) is 2. The van der Waals surface area contributed by atoms with Crippen LogP contribution in [-0.2, 0) is 9.84 Å². The van der Waals surface area contributed by atoms with Gasteiger partial charge in [0.05, 0.1) is 22.7 Å². The molecule has 190 valence electrons. The van der Waals surface area contributed by atoms with Crippen molar-refractivity contribution < 1.29 is 45.8 Å². The molecule has 3 rings (SSSR count). The fourth-order valence-corrected chi connectivity index (χ4v) is 6.00. The summed E-state index contributed by atoms with van der Waals surface area (Å²) in [4.78, 5) is 23.0. The van der Waals surface area contributed by atoms with Gasteiger partial charge in [-0.3, -0.25) is 4.79 Å². The quantitative estimate of drug-likeness (QED) is 0.455. The smallest absolute Gasteiger partial charge is 0.465 e. The Morgan fingerprint density at radius 2 is 1.63 bits per heavy atom. The van der Waals surface area contributed by atoms with Gasteiger partial charge in [-0.1, -0.05) is 11.8 Å². The van der Waals surface area contributed by atoms with E-state index in [0.29, 0.717) is 0 Å². The number of hydrogen-bond acceptors (Lipinski definition) is 7. The van der Waals surface area contributed by atoms with E-state index in [9.17, 15) is 36.3 Å². The molecule has 0 spiro atoms. The van der Waals surface area contributed by atoms with Crippen LogP contribution in [0.3, 0.4) is 0 Å². The lowest BCUT2D eigenvalue weighted by molar-refractivity contribution is -0.274. The molecule has 2 aromatic rings. The van der Waals surface area contributed by atoms with Crippen molar-refractivity contribution in [2.45, 2.75) is 41.9 Å². The number of hydrogen-bond donors (Lipinski definition) is 3.